The third-order valence-electron chi connectivity index (χ3n) is 3.45. The van der Waals surface area contributed by atoms with Gasteiger partial charge in [0.25, 0.3) is 0 Å². The molecule has 1 saturated heterocycles. The predicted molar refractivity (Wildman–Crippen MR) is 72.9 cm³/mol. The summed E-state index contributed by atoms with van der Waals surface area (Å²) in [6, 6.07) is 2.21. The largest absolute Gasteiger partial charge is 0.324 e. The first-order valence-corrected chi connectivity index (χ1v) is 7.24. The molecule has 1 aliphatic rings. The first-order valence-electron chi connectivity index (χ1n) is 6.36. The lowest BCUT2D eigenvalue weighted by molar-refractivity contribution is -0.380. The van der Waals surface area contributed by atoms with Gasteiger partial charge in [-0.05, 0) is 38.0 Å². The quantitative estimate of drug-likeness (QED) is 0.658. The maximum Gasteiger partial charge on any atom is 0.324 e. The van der Waals surface area contributed by atoms with Crippen LogP contribution in [-0.2, 0) is 6.54 Å². The van der Waals surface area contributed by atoms with Crippen molar-refractivity contribution in [3.63, 3.8) is 0 Å². The third kappa shape index (κ3) is 3.51. The minimum atomic E-state index is -0.325. The molecule has 5 nitrogen and oxygen atoms in total. The molecule has 2 heterocycles. The highest BCUT2D eigenvalue weighted by molar-refractivity contribution is 7.13. The molecule has 0 amide bonds. The van der Waals surface area contributed by atoms with Crippen LogP contribution in [0.4, 0.5) is 5.00 Å². The molecule has 1 fully saturated rings. The molecular weight excluding hydrogens is 250 g/mol. The Balaban J connectivity index is 1.76. The van der Waals surface area contributed by atoms with E-state index in [0.29, 0.717) is 6.04 Å². The van der Waals surface area contributed by atoms with Gasteiger partial charge in [0.15, 0.2) is 0 Å². The van der Waals surface area contributed by atoms with Gasteiger partial charge in [-0.1, -0.05) is 18.3 Å². The number of hydrogen-bond donors (Lipinski definition) is 1. The van der Waals surface area contributed by atoms with Gasteiger partial charge in [-0.3, -0.25) is 10.1 Å². The van der Waals surface area contributed by atoms with Crippen LogP contribution in [-0.4, -0.2) is 35.5 Å². The molecule has 1 aromatic rings. The van der Waals surface area contributed by atoms with Gasteiger partial charge in [-0.2, -0.15) is 0 Å². The topological polar surface area (TPSA) is 58.4 Å². The minimum Gasteiger partial charge on any atom is -0.310 e. The maximum atomic E-state index is 10.6. The minimum absolute atomic E-state index is 0.229. The van der Waals surface area contributed by atoms with Crippen molar-refractivity contribution >= 4 is 16.3 Å². The smallest absolute Gasteiger partial charge is 0.310 e. The number of rotatable bonds is 5. The average Bonchev–Trinajstić information content (AvgIpc) is 2.86. The molecule has 0 aromatic carbocycles. The van der Waals surface area contributed by atoms with Gasteiger partial charge >= 0.3 is 5.00 Å². The fourth-order valence-corrected chi connectivity index (χ4v) is 3.00. The van der Waals surface area contributed by atoms with Crippen LogP contribution in [0.2, 0.25) is 0 Å². The van der Waals surface area contributed by atoms with Crippen molar-refractivity contribution in [1.29, 1.82) is 0 Å². The number of nitrogens with one attached hydrogen (secondary N) is 1. The number of nitro groups is 1. The standard InChI is InChI=1S/C12H19N3O2S/c1-2-14-5-3-11(4-6-14)13-8-10-7-12(15(16)17)18-9-10/h7,9,11,13H,2-6,8H2,1H3. The van der Waals surface area contributed by atoms with Gasteiger partial charge in [-0.25, -0.2) is 0 Å². The lowest BCUT2D eigenvalue weighted by Crippen LogP contribution is -2.41. The van der Waals surface area contributed by atoms with E-state index in [1.54, 1.807) is 6.07 Å². The number of thiophene rings is 1. The Labute approximate surface area is 111 Å². The SMILES string of the molecule is CCN1CCC(NCc2csc([N+](=O)[O-])c2)CC1. The summed E-state index contributed by atoms with van der Waals surface area (Å²) in [5.41, 5.74) is 1.02. The van der Waals surface area contributed by atoms with E-state index < -0.39 is 0 Å². The Kier molecular flexibility index (Phi) is 4.68. The first kappa shape index (κ1) is 13.5. The lowest BCUT2D eigenvalue weighted by Gasteiger charge is -2.31. The molecule has 6 heteroatoms. The summed E-state index contributed by atoms with van der Waals surface area (Å²) in [5.74, 6) is 0. The second-order valence-corrected chi connectivity index (χ2v) is 5.53. The zero-order valence-corrected chi connectivity index (χ0v) is 11.4. The predicted octanol–water partition coefficient (Wildman–Crippen LogP) is 2.23. The van der Waals surface area contributed by atoms with Crippen LogP contribution in [0.5, 0.6) is 0 Å². The molecule has 0 radical (unpaired) electrons. The molecule has 100 valence electrons. The van der Waals surface area contributed by atoms with Crippen molar-refractivity contribution in [3.05, 3.63) is 27.1 Å². The van der Waals surface area contributed by atoms with Gasteiger partial charge in [0, 0.05) is 24.0 Å². The van der Waals surface area contributed by atoms with Gasteiger partial charge in [0.05, 0.1) is 4.92 Å². The van der Waals surface area contributed by atoms with E-state index in [9.17, 15) is 10.1 Å². The first-order chi connectivity index (χ1) is 8.69. The monoisotopic (exact) mass is 269 g/mol. The van der Waals surface area contributed by atoms with Crippen molar-refractivity contribution in [2.75, 3.05) is 19.6 Å². The molecule has 1 N–H and O–H groups in total. The van der Waals surface area contributed by atoms with Crippen LogP contribution in [0.3, 0.4) is 0 Å². The zero-order chi connectivity index (χ0) is 13.0. The van der Waals surface area contributed by atoms with Crippen molar-refractivity contribution in [1.82, 2.24) is 10.2 Å². The molecular formula is C12H19N3O2S. The van der Waals surface area contributed by atoms with Crippen molar-refractivity contribution in [3.8, 4) is 0 Å². The Hall–Kier alpha value is -0.980. The third-order valence-corrected chi connectivity index (χ3v) is 4.38. The van der Waals surface area contributed by atoms with Gasteiger partial charge in [0.1, 0.15) is 0 Å². The van der Waals surface area contributed by atoms with Gasteiger partial charge in [-0.15, -0.1) is 0 Å². The summed E-state index contributed by atoms with van der Waals surface area (Å²) >= 11 is 1.20. The zero-order valence-electron chi connectivity index (χ0n) is 10.6. The summed E-state index contributed by atoms with van der Waals surface area (Å²) in [4.78, 5) is 12.7. The molecule has 18 heavy (non-hydrogen) atoms. The summed E-state index contributed by atoms with van der Waals surface area (Å²) in [6.45, 7) is 6.36. The molecule has 2 rings (SSSR count). The van der Waals surface area contributed by atoms with Crippen LogP contribution in [0.15, 0.2) is 11.4 Å². The van der Waals surface area contributed by atoms with Crippen LogP contribution in [0.25, 0.3) is 0 Å². The van der Waals surface area contributed by atoms with E-state index in [4.69, 9.17) is 0 Å². The fraction of sp³-hybridized carbons (Fsp3) is 0.667. The summed E-state index contributed by atoms with van der Waals surface area (Å²) < 4.78 is 0. The average molecular weight is 269 g/mol. The highest BCUT2D eigenvalue weighted by Gasteiger charge is 2.18. The van der Waals surface area contributed by atoms with Crippen LogP contribution in [0, 0.1) is 10.1 Å². The number of hydrogen-bond acceptors (Lipinski definition) is 5. The fourth-order valence-electron chi connectivity index (χ4n) is 2.27. The molecule has 1 aromatic heterocycles. The highest BCUT2D eigenvalue weighted by Crippen LogP contribution is 2.22. The van der Waals surface area contributed by atoms with E-state index in [1.165, 1.54) is 24.2 Å². The van der Waals surface area contributed by atoms with E-state index in [0.717, 1.165) is 31.7 Å². The molecule has 1 aliphatic heterocycles. The van der Waals surface area contributed by atoms with Crippen LogP contribution in [0.1, 0.15) is 25.3 Å². The Bertz CT molecular complexity index is 400. The lowest BCUT2D eigenvalue weighted by atomic mass is 10.0. The normalized spacial score (nSPS) is 18.1. The van der Waals surface area contributed by atoms with E-state index in [1.807, 2.05) is 5.38 Å². The summed E-state index contributed by atoms with van der Waals surface area (Å²) in [7, 11) is 0. The van der Waals surface area contributed by atoms with Crippen molar-refractivity contribution in [2.45, 2.75) is 32.4 Å². The second kappa shape index (κ2) is 6.26. The highest BCUT2D eigenvalue weighted by atomic mass is 32.1. The summed E-state index contributed by atoms with van der Waals surface area (Å²) in [6.07, 6.45) is 2.33. The Morgan fingerprint density at radius 2 is 2.28 bits per heavy atom. The van der Waals surface area contributed by atoms with Crippen LogP contribution >= 0.6 is 11.3 Å². The molecule has 0 aliphatic carbocycles. The number of likely N-dealkylation sites (tertiary alicyclic amines) is 1. The van der Waals surface area contributed by atoms with E-state index >= 15 is 0 Å². The van der Waals surface area contributed by atoms with Crippen molar-refractivity contribution < 1.29 is 4.92 Å². The molecule has 0 unspecified atom stereocenters. The maximum absolute atomic E-state index is 10.6. The van der Waals surface area contributed by atoms with E-state index in [-0.39, 0.29) is 9.92 Å². The molecule has 0 atom stereocenters. The Morgan fingerprint density at radius 1 is 1.56 bits per heavy atom. The molecule has 0 bridgehead atoms. The number of nitrogens with zero attached hydrogens (tertiary/aromatic N) is 2. The van der Waals surface area contributed by atoms with Gasteiger partial charge in [0.2, 0.25) is 0 Å². The van der Waals surface area contributed by atoms with Crippen LogP contribution < -0.4 is 5.32 Å². The molecule has 0 saturated carbocycles. The summed E-state index contributed by atoms with van der Waals surface area (Å²) in [5, 5.41) is 16.2. The van der Waals surface area contributed by atoms with E-state index in [2.05, 4.69) is 17.1 Å². The Morgan fingerprint density at radius 3 is 2.83 bits per heavy atom. The second-order valence-electron chi connectivity index (χ2n) is 4.64. The van der Waals surface area contributed by atoms with Crippen molar-refractivity contribution in [2.24, 2.45) is 0 Å². The number of piperidine rings is 1. The molecule has 0 spiro atoms. The van der Waals surface area contributed by atoms with Gasteiger partial charge < -0.3 is 10.2 Å².